The summed E-state index contributed by atoms with van der Waals surface area (Å²) in [6.45, 7) is 2.24. The number of nitrogens with one attached hydrogen (secondary N) is 1. The number of rotatable bonds is 2. The van der Waals surface area contributed by atoms with Crippen LogP contribution in [0.1, 0.15) is 6.42 Å². The van der Waals surface area contributed by atoms with Crippen molar-refractivity contribution in [1.29, 1.82) is 0 Å². The van der Waals surface area contributed by atoms with Crippen LogP contribution in [-0.4, -0.2) is 53.7 Å². The third-order valence-electron chi connectivity index (χ3n) is 2.97. The molecule has 4 N–H and O–H groups in total. The van der Waals surface area contributed by atoms with Crippen LogP contribution in [0.2, 0.25) is 0 Å². The number of primary amides is 1. The van der Waals surface area contributed by atoms with Gasteiger partial charge in [-0.3, -0.25) is 9.69 Å². The van der Waals surface area contributed by atoms with Crippen LogP contribution in [0.25, 0.3) is 0 Å². The summed E-state index contributed by atoms with van der Waals surface area (Å²) < 4.78 is 0. The largest absolute Gasteiger partial charge is 0.390 e. The molecule has 0 aromatic rings. The highest BCUT2D eigenvalue weighted by atomic mass is 16.3. The molecule has 0 aliphatic carbocycles. The highest BCUT2D eigenvalue weighted by molar-refractivity contribution is 5.80. The van der Waals surface area contributed by atoms with Gasteiger partial charge in [-0.25, -0.2) is 0 Å². The zero-order valence-electron chi connectivity index (χ0n) is 7.44. The lowest BCUT2D eigenvalue weighted by Crippen LogP contribution is -2.61. The number of carbonyl (C=O) groups excluding carboxylic acids is 1. The first kappa shape index (κ1) is 8.93. The van der Waals surface area contributed by atoms with Crippen molar-refractivity contribution in [2.24, 2.45) is 5.73 Å². The Morgan fingerprint density at radius 1 is 1.54 bits per heavy atom. The summed E-state index contributed by atoms with van der Waals surface area (Å²) in [6, 6.07) is -0.0780. The number of nitrogens with zero attached hydrogens (tertiary/aromatic N) is 1. The molecular weight excluding hydrogens is 170 g/mol. The summed E-state index contributed by atoms with van der Waals surface area (Å²) in [6.07, 6.45) is 0.473. The lowest BCUT2D eigenvalue weighted by atomic mass is 9.98. The van der Waals surface area contributed by atoms with Crippen molar-refractivity contribution in [3.8, 4) is 0 Å². The van der Waals surface area contributed by atoms with Crippen LogP contribution in [0.5, 0.6) is 0 Å². The monoisotopic (exact) mass is 185 g/mol. The maximum atomic E-state index is 10.9. The number of hydrogen-bond donors (Lipinski definition) is 3. The first-order chi connectivity index (χ1) is 6.20. The van der Waals surface area contributed by atoms with Crippen LogP contribution in [0.15, 0.2) is 0 Å². The minimum Gasteiger partial charge on any atom is -0.390 e. The summed E-state index contributed by atoms with van der Waals surface area (Å²) in [5, 5.41) is 12.7. The summed E-state index contributed by atoms with van der Waals surface area (Å²) in [7, 11) is 0. The molecule has 5 heteroatoms. The second kappa shape index (κ2) is 3.25. The highest BCUT2D eigenvalue weighted by Gasteiger charge is 2.41. The predicted molar refractivity (Wildman–Crippen MR) is 47.0 cm³/mol. The molecule has 0 radical (unpaired) electrons. The van der Waals surface area contributed by atoms with Gasteiger partial charge in [0, 0.05) is 19.6 Å². The molecule has 0 spiro atoms. The van der Waals surface area contributed by atoms with Crippen LogP contribution in [0.3, 0.4) is 0 Å². The Balaban J connectivity index is 1.97. The van der Waals surface area contributed by atoms with E-state index in [1.807, 2.05) is 4.90 Å². The molecule has 0 saturated carbocycles. The Morgan fingerprint density at radius 3 is 2.69 bits per heavy atom. The lowest BCUT2D eigenvalue weighted by Gasteiger charge is -2.43. The van der Waals surface area contributed by atoms with Crippen molar-refractivity contribution in [2.75, 3.05) is 19.6 Å². The third kappa shape index (κ3) is 1.43. The Morgan fingerprint density at radius 2 is 2.31 bits per heavy atom. The summed E-state index contributed by atoms with van der Waals surface area (Å²) in [4.78, 5) is 12.9. The smallest absolute Gasteiger partial charge is 0.234 e. The van der Waals surface area contributed by atoms with Crippen molar-refractivity contribution in [2.45, 2.75) is 24.6 Å². The number of aliphatic hydroxyl groups excluding tert-OH is 1. The van der Waals surface area contributed by atoms with Gasteiger partial charge in [-0.05, 0) is 6.42 Å². The van der Waals surface area contributed by atoms with E-state index in [2.05, 4.69) is 5.32 Å². The minimum absolute atomic E-state index is 0.0752. The topological polar surface area (TPSA) is 78.6 Å². The molecule has 0 aromatic heterocycles. The third-order valence-corrected chi connectivity index (χ3v) is 2.97. The van der Waals surface area contributed by atoms with Crippen molar-refractivity contribution >= 4 is 5.91 Å². The molecule has 3 unspecified atom stereocenters. The number of β-amino-alcohol motifs (C(OH)–C–C–N with tert-alkyl or cyclic N) is 1. The van der Waals surface area contributed by atoms with Crippen molar-refractivity contribution in [3.63, 3.8) is 0 Å². The van der Waals surface area contributed by atoms with E-state index >= 15 is 0 Å². The Kier molecular flexibility index (Phi) is 2.23. The molecule has 2 fully saturated rings. The molecule has 74 valence electrons. The molecule has 2 aliphatic heterocycles. The minimum atomic E-state index is -0.359. The van der Waals surface area contributed by atoms with Crippen molar-refractivity contribution in [3.05, 3.63) is 0 Å². The van der Waals surface area contributed by atoms with Crippen molar-refractivity contribution < 1.29 is 9.90 Å². The Hall–Kier alpha value is -0.650. The zero-order valence-corrected chi connectivity index (χ0v) is 7.44. The van der Waals surface area contributed by atoms with Gasteiger partial charge >= 0.3 is 0 Å². The molecule has 0 bridgehead atoms. The van der Waals surface area contributed by atoms with Crippen LogP contribution < -0.4 is 11.1 Å². The Bertz CT molecular complexity index is 221. The number of likely N-dealkylation sites (tertiary alicyclic amines) is 1. The molecule has 0 aromatic carbocycles. The summed E-state index contributed by atoms with van der Waals surface area (Å²) >= 11 is 0. The maximum Gasteiger partial charge on any atom is 0.234 e. The first-order valence-corrected chi connectivity index (χ1v) is 4.64. The van der Waals surface area contributed by atoms with Gasteiger partial charge in [0.1, 0.15) is 0 Å². The molecular formula is C8H15N3O2. The van der Waals surface area contributed by atoms with Gasteiger partial charge in [-0.2, -0.15) is 0 Å². The van der Waals surface area contributed by atoms with E-state index in [4.69, 9.17) is 5.73 Å². The lowest BCUT2D eigenvalue weighted by molar-refractivity contribution is -0.130. The van der Waals surface area contributed by atoms with E-state index in [1.54, 1.807) is 0 Å². The zero-order chi connectivity index (χ0) is 9.42. The second-order valence-corrected chi connectivity index (χ2v) is 3.74. The molecule has 5 nitrogen and oxygen atoms in total. The average molecular weight is 185 g/mol. The van der Waals surface area contributed by atoms with Gasteiger partial charge in [-0.15, -0.1) is 0 Å². The van der Waals surface area contributed by atoms with Gasteiger partial charge in [0.25, 0.3) is 0 Å². The van der Waals surface area contributed by atoms with Gasteiger partial charge < -0.3 is 16.2 Å². The van der Waals surface area contributed by atoms with Gasteiger partial charge in [0.15, 0.2) is 0 Å². The quantitative estimate of drug-likeness (QED) is 0.459. The molecule has 13 heavy (non-hydrogen) atoms. The number of hydrogen-bond acceptors (Lipinski definition) is 4. The number of carbonyl (C=O) groups is 1. The molecule has 2 saturated heterocycles. The van der Waals surface area contributed by atoms with Crippen LogP contribution >= 0.6 is 0 Å². The van der Waals surface area contributed by atoms with Gasteiger partial charge in [0.2, 0.25) is 5.91 Å². The van der Waals surface area contributed by atoms with Crippen LogP contribution in [-0.2, 0) is 4.79 Å². The van der Waals surface area contributed by atoms with E-state index in [0.29, 0.717) is 6.54 Å². The average Bonchev–Trinajstić information content (AvgIpc) is 2.33. The molecule has 2 rings (SSSR count). The number of amides is 1. The van der Waals surface area contributed by atoms with Crippen LogP contribution in [0, 0.1) is 0 Å². The summed E-state index contributed by atoms with van der Waals surface area (Å²) in [5.74, 6) is -0.273. The van der Waals surface area contributed by atoms with E-state index in [1.165, 1.54) is 0 Å². The number of nitrogens with two attached hydrogens (primary N) is 1. The molecule has 2 aliphatic rings. The van der Waals surface area contributed by atoms with Crippen molar-refractivity contribution in [1.82, 2.24) is 10.2 Å². The van der Waals surface area contributed by atoms with Crippen LogP contribution in [0.4, 0.5) is 0 Å². The number of aliphatic hydroxyl groups is 1. The van der Waals surface area contributed by atoms with E-state index in [0.717, 1.165) is 19.5 Å². The Labute approximate surface area is 76.9 Å². The van der Waals surface area contributed by atoms with E-state index in [9.17, 15) is 9.90 Å². The SMILES string of the molecule is NC(=O)C1CCN1C1CNCC1O. The molecule has 1 amide bonds. The standard InChI is InChI=1S/C8H15N3O2/c9-8(13)5-1-2-11(5)6-3-10-4-7(6)12/h5-7,10,12H,1-4H2,(H2,9,13). The van der Waals surface area contributed by atoms with E-state index in [-0.39, 0.29) is 24.1 Å². The first-order valence-electron chi connectivity index (χ1n) is 4.64. The van der Waals surface area contributed by atoms with Gasteiger partial charge in [-0.1, -0.05) is 0 Å². The second-order valence-electron chi connectivity index (χ2n) is 3.74. The molecule has 2 heterocycles. The fraction of sp³-hybridized carbons (Fsp3) is 0.875. The molecule has 3 atom stereocenters. The van der Waals surface area contributed by atoms with Gasteiger partial charge in [0.05, 0.1) is 18.2 Å². The normalized spacial score (nSPS) is 40.2. The predicted octanol–water partition coefficient (Wildman–Crippen LogP) is -2.12. The highest BCUT2D eigenvalue weighted by Crippen LogP contribution is 2.23. The van der Waals surface area contributed by atoms with E-state index < -0.39 is 0 Å². The maximum absolute atomic E-state index is 10.9. The summed E-state index contributed by atoms with van der Waals surface area (Å²) in [5.41, 5.74) is 5.22. The fourth-order valence-electron chi connectivity index (χ4n) is 2.10. The fourth-order valence-corrected chi connectivity index (χ4v) is 2.10.